The molecule has 126 valence electrons. The molecule has 1 atom stereocenters. The van der Waals surface area contributed by atoms with Gasteiger partial charge in [-0.1, -0.05) is 32.9 Å². The highest BCUT2D eigenvalue weighted by Gasteiger charge is 2.30. The molecule has 0 amide bonds. The molecule has 0 aromatic heterocycles. The highest BCUT2D eigenvalue weighted by molar-refractivity contribution is 5.97. The first-order valence-electron chi connectivity index (χ1n) is 8.31. The molecule has 1 N–H and O–H groups in total. The summed E-state index contributed by atoms with van der Waals surface area (Å²) in [5.41, 5.74) is 2.91. The maximum absolute atomic E-state index is 12.6. The largest absolute Gasteiger partial charge is 0.480 e. The molecular formula is C19H27NO3. The number of carboxylic acids is 1. The van der Waals surface area contributed by atoms with Crippen LogP contribution in [0.1, 0.15) is 61.5 Å². The monoisotopic (exact) mass is 317 g/mol. The minimum atomic E-state index is -0.777. The number of carboxylic acid groups (broad SMARTS) is 1. The van der Waals surface area contributed by atoms with Gasteiger partial charge >= 0.3 is 5.97 Å². The van der Waals surface area contributed by atoms with Gasteiger partial charge in [0.2, 0.25) is 0 Å². The molecule has 1 aromatic carbocycles. The van der Waals surface area contributed by atoms with Crippen LogP contribution in [0.15, 0.2) is 18.2 Å². The van der Waals surface area contributed by atoms with E-state index in [9.17, 15) is 14.7 Å². The number of carbonyl (C=O) groups is 2. The zero-order chi connectivity index (χ0) is 17.2. The third-order valence-electron chi connectivity index (χ3n) is 4.68. The van der Waals surface area contributed by atoms with E-state index >= 15 is 0 Å². The van der Waals surface area contributed by atoms with E-state index in [-0.39, 0.29) is 11.2 Å². The van der Waals surface area contributed by atoms with Crippen molar-refractivity contribution in [2.45, 2.75) is 58.4 Å². The molecule has 0 bridgehead atoms. The lowest BCUT2D eigenvalue weighted by Gasteiger charge is -2.22. The van der Waals surface area contributed by atoms with Crippen molar-refractivity contribution in [3.05, 3.63) is 34.9 Å². The van der Waals surface area contributed by atoms with Gasteiger partial charge in [-0.2, -0.15) is 0 Å². The van der Waals surface area contributed by atoms with E-state index < -0.39 is 12.0 Å². The second kappa shape index (κ2) is 6.83. The van der Waals surface area contributed by atoms with Crippen LogP contribution in [0.4, 0.5) is 0 Å². The third-order valence-corrected chi connectivity index (χ3v) is 4.68. The number of Topliss-reactive ketones (excluding diaryl/α,β-unsaturated/α-hetero) is 1. The van der Waals surface area contributed by atoms with Gasteiger partial charge in [-0.15, -0.1) is 0 Å². The quantitative estimate of drug-likeness (QED) is 0.846. The summed E-state index contributed by atoms with van der Waals surface area (Å²) in [6.45, 7) is 9.64. The minimum Gasteiger partial charge on any atom is -0.480 e. The molecule has 0 saturated carbocycles. The molecule has 2 rings (SSSR count). The summed E-state index contributed by atoms with van der Waals surface area (Å²) < 4.78 is 0. The van der Waals surface area contributed by atoms with E-state index in [2.05, 4.69) is 26.8 Å². The van der Waals surface area contributed by atoms with Gasteiger partial charge in [0, 0.05) is 18.5 Å². The van der Waals surface area contributed by atoms with Crippen LogP contribution in [0, 0.1) is 6.92 Å². The molecule has 1 aromatic rings. The molecule has 0 radical (unpaired) electrons. The minimum absolute atomic E-state index is 0.00604. The van der Waals surface area contributed by atoms with Crippen LogP contribution in [-0.2, 0) is 10.2 Å². The molecule has 1 saturated heterocycles. The predicted octanol–water partition coefficient (Wildman–Crippen LogP) is 3.41. The average Bonchev–Trinajstić information content (AvgIpc) is 2.92. The Hall–Kier alpha value is -1.68. The Balaban J connectivity index is 2.08. The maximum Gasteiger partial charge on any atom is 0.320 e. The number of benzene rings is 1. The van der Waals surface area contributed by atoms with Gasteiger partial charge in [0.05, 0.1) is 0 Å². The molecule has 1 heterocycles. The Kier molecular flexibility index (Phi) is 5.25. The lowest BCUT2D eigenvalue weighted by molar-refractivity contribution is -0.142. The van der Waals surface area contributed by atoms with E-state index in [1.54, 1.807) is 0 Å². The number of carbonyl (C=O) groups excluding carboxylic acids is 1. The van der Waals surface area contributed by atoms with Crippen LogP contribution in [0.3, 0.4) is 0 Å². The number of aliphatic carboxylic acids is 1. The lowest BCUT2D eigenvalue weighted by Crippen LogP contribution is -2.37. The zero-order valence-electron chi connectivity index (χ0n) is 14.6. The van der Waals surface area contributed by atoms with Crippen LogP contribution < -0.4 is 0 Å². The highest BCUT2D eigenvalue weighted by Crippen LogP contribution is 2.25. The lowest BCUT2D eigenvalue weighted by atomic mass is 9.84. The molecule has 0 aliphatic carbocycles. The summed E-state index contributed by atoms with van der Waals surface area (Å²) in [5, 5.41) is 9.21. The van der Waals surface area contributed by atoms with E-state index in [0.29, 0.717) is 19.4 Å². The van der Waals surface area contributed by atoms with Gasteiger partial charge in [0.25, 0.3) is 0 Å². The molecular weight excluding hydrogens is 290 g/mol. The van der Waals surface area contributed by atoms with Gasteiger partial charge in [-0.25, -0.2) is 0 Å². The Morgan fingerprint density at radius 2 is 2.00 bits per heavy atom. The Morgan fingerprint density at radius 1 is 1.30 bits per heavy atom. The fraction of sp³-hybridized carbons (Fsp3) is 0.579. The summed E-state index contributed by atoms with van der Waals surface area (Å²) in [6.07, 6.45) is 1.95. The summed E-state index contributed by atoms with van der Waals surface area (Å²) in [7, 11) is 0. The van der Waals surface area contributed by atoms with Crippen molar-refractivity contribution in [3.8, 4) is 0 Å². The maximum atomic E-state index is 12.6. The first-order chi connectivity index (χ1) is 10.7. The number of ketones is 1. The summed E-state index contributed by atoms with van der Waals surface area (Å²) in [5.74, 6) is -0.675. The number of hydrogen-bond donors (Lipinski definition) is 1. The standard InChI is InChI=1S/C19H27NO3/c1-13-7-8-14(19(2,3)4)12-15(13)17(21)9-11-20-10-5-6-16(20)18(22)23/h7-8,12,16H,5-6,9-11H2,1-4H3,(H,22,23). The van der Waals surface area contributed by atoms with E-state index in [1.165, 1.54) is 0 Å². The average molecular weight is 317 g/mol. The Morgan fingerprint density at radius 3 is 2.61 bits per heavy atom. The first-order valence-corrected chi connectivity index (χ1v) is 8.31. The van der Waals surface area contributed by atoms with E-state index in [0.717, 1.165) is 29.7 Å². The summed E-state index contributed by atoms with van der Waals surface area (Å²) in [6, 6.07) is 5.65. The van der Waals surface area contributed by atoms with Crippen molar-refractivity contribution in [2.75, 3.05) is 13.1 Å². The van der Waals surface area contributed by atoms with Crippen molar-refractivity contribution >= 4 is 11.8 Å². The molecule has 0 spiro atoms. The molecule has 1 aliphatic rings. The number of rotatable bonds is 5. The van der Waals surface area contributed by atoms with Crippen LogP contribution in [0.2, 0.25) is 0 Å². The fourth-order valence-electron chi connectivity index (χ4n) is 3.14. The van der Waals surface area contributed by atoms with Gasteiger partial charge < -0.3 is 5.11 Å². The Bertz CT molecular complexity index is 601. The second-order valence-corrected chi connectivity index (χ2v) is 7.49. The normalized spacial score (nSPS) is 19.0. The third kappa shape index (κ3) is 4.20. The number of nitrogens with zero attached hydrogens (tertiary/aromatic N) is 1. The number of aryl methyl sites for hydroxylation is 1. The Labute approximate surface area is 138 Å². The smallest absolute Gasteiger partial charge is 0.320 e. The van der Waals surface area contributed by atoms with Gasteiger partial charge in [0.1, 0.15) is 6.04 Å². The summed E-state index contributed by atoms with van der Waals surface area (Å²) in [4.78, 5) is 25.7. The molecule has 23 heavy (non-hydrogen) atoms. The molecule has 1 aliphatic heterocycles. The number of hydrogen-bond acceptors (Lipinski definition) is 3. The number of likely N-dealkylation sites (tertiary alicyclic amines) is 1. The van der Waals surface area contributed by atoms with Crippen molar-refractivity contribution in [1.82, 2.24) is 4.90 Å². The molecule has 4 heteroatoms. The van der Waals surface area contributed by atoms with Gasteiger partial charge in [-0.3, -0.25) is 14.5 Å². The van der Waals surface area contributed by atoms with Gasteiger partial charge in [0.15, 0.2) is 5.78 Å². The van der Waals surface area contributed by atoms with Crippen LogP contribution >= 0.6 is 0 Å². The van der Waals surface area contributed by atoms with Crippen molar-refractivity contribution in [2.24, 2.45) is 0 Å². The zero-order valence-corrected chi connectivity index (χ0v) is 14.6. The summed E-state index contributed by atoms with van der Waals surface area (Å²) >= 11 is 0. The highest BCUT2D eigenvalue weighted by atomic mass is 16.4. The SMILES string of the molecule is Cc1ccc(C(C)(C)C)cc1C(=O)CCN1CCCC1C(=O)O. The van der Waals surface area contributed by atoms with Gasteiger partial charge in [-0.05, 0) is 48.9 Å². The van der Waals surface area contributed by atoms with Crippen LogP contribution in [-0.4, -0.2) is 40.9 Å². The van der Waals surface area contributed by atoms with Crippen molar-refractivity contribution < 1.29 is 14.7 Å². The molecule has 4 nitrogen and oxygen atoms in total. The predicted molar refractivity (Wildman–Crippen MR) is 91.1 cm³/mol. The van der Waals surface area contributed by atoms with Crippen LogP contribution in [0.5, 0.6) is 0 Å². The first kappa shape index (κ1) is 17.7. The van der Waals surface area contributed by atoms with E-state index in [1.807, 2.05) is 24.0 Å². The topological polar surface area (TPSA) is 57.6 Å². The fourth-order valence-corrected chi connectivity index (χ4v) is 3.14. The second-order valence-electron chi connectivity index (χ2n) is 7.49. The van der Waals surface area contributed by atoms with E-state index in [4.69, 9.17) is 0 Å². The van der Waals surface area contributed by atoms with Crippen molar-refractivity contribution in [3.63, 3.8) is 0 Å². The van der Waals surface area contributed by atoms with Crippen molar-refractivity contribution in [1.29, 1.82) is 0 Å². The van der Waals surface area contributed by atoms with Crippen LogP contribution in [0.25, 0.3) is 0 Å². The molecule has 1 fully saturated rings. The molecule has 1 unspecified atom stereocenters.